The summed E-state index contributed by atoms with van der Waals surface area (Å²) in [6.45, 7) is 4.59. The Kier molecular flexibility index (Phi) is 74.8. The van der Waals surface area contributed by atoms with Crippen LogP contribution in [0.1, 0.15) is 336 Å². The SMILES string of the molecule is CC/C=C\C/C=C\C/C=C\C/C=C\C/C=C\CCCCCC(=O)OC[C@H](COP(=O)(O)OC[C@@H](O)COP(=O)(O)OC[C@@H](COC(=O)CCCCCCCCCCCCCCC)OC(=O)CCCCCCCCC/C=C\CCCCCC)OC(=O)CCCCC/C=C\C/C=C\C/C=C\C/C=C\C/C=C\CC. The molecule has 2 unspecified atom stereocenters. The Balaban J connectivity index is 5.44. The van der Waals surface area contributed by atoms with Crippen LogP contribution in [-0.4, -0.2) is 96.7 Å². The maximum absolute atomic E-state index is 13.1. The summed E-state index contributed by atoms with van der Waals surface area (Å²) in [5.41, 5.74) is 0. The summed E-state index contributed by atoms with van der Waals surface area (Å²) in [6.07, 6.45) is 88.5. The van der Waals surface area contributed by atoms with Gasteiger partial charge >= 0.3 is 39.5 Å². The quantitative estimate of drug-likeness (QED) is 0.0169. The minimum atomic E-state index is -5.00. The van der Waals surface area contributed by atoms with Gasteiger partial charge in [0.05, 0.1) is 26.4 Å². The lowest BCUT2D eigenvalue weighted by Crippen LogP contribution is -2.30. The van der Waals surface area contributed by atoms with Crippen LogP contribution in [0.25, 0.3) is 0 Å². The third kappa shape index (κ3) is 77.4. The Morgan fingerprint density at radius 3 is 0.783 bits per heavy atom. The number of carbonyl (C=O) groups is 4. The molecule has 3 N–H and O–H groups in total. The van der Waals surface area contributed by atoms with E-state index in [0.29, 0.717) is 25.7 Å². The lowest BCUT2D eigenvalue weighted by Gasteiger charge is -2.21. The van der Waals surface area contributed by atoms with Crippen LogP contribution in [0.5, 0.6) is 0 Å². The normalized spacial score (nSPS) is 14.5. The molecule has 106 heavy (non-hydrogen) atoms. The standard InChI is InChI=1S/C87H148O17P2/c1-5-9-13-17-21-25-29-33-36-38-40-42-45-48-52-56-60-64-68-72-85(90)98-78-83(104-87(92)74-70-66-62-58-54-50-46-43-41-39-37-34-30-26-22-18-14-10-6-2)80-102-106(95,96)100-76-81(88)75-99-105(93,94)101-79-82(77-97-84(89)71-67-63-59-55-51-47-32-28-24-20-16-12-8-4)103-86(91)73-69-65-61-57-53-49-44-35-31-27-23-19-15-11-7-3/h9-10,13-14,21-22,25-27,31,33-34,36-37,40-43,48,50,52,54,81-83,88H,5-8,11-12,15-20,23-24,28-30,32,35,38-39,44-47,49,51,53,55-80H2,1-4H3,(H,93,94)(H,95,96)/b13-9-,14-10-,25-21-,26-22-,31-27-,36-33-,37-34-,42-40-,43-41-,52-48-,54-50-/t81-,82+,83+/m0/s1. The van der Waals surface area contributed by atoms with Gasteiger partial charge < -0.3 is 33.8 Å². The Labute approximate surface area is 644 Å². The summed E-state index contributed by atoms with van der Waals surface area (Å²) in [6, 6.07) is 0. The first-order valence-corrected chi connectivity index (χ1v) is 44.4. The highest BCUT2D eigenvalue weighted by atomic mass is 31.2. The highest BCUT2D eigenvalue weighted by molar-refractivity contribution is 7.47. The first-order valence-electron chi connectivity index (χ1n) is 41.4. The average molecular weight is 1530 g/mol. The molecule has 608 valence electrons. The lowest BCUT2D eigenvalue weighted by atomic mass is 10.0. The van der Waals surface area contributed by atoms with Gasteiger partial charge in [-0.3, -0.25) is 37.3 Å². The van der Waals surface area contributed by atoms with Crippen molar-refractivity contribution in [3.63, 3.8) is 0 Å². The van der Waals surface area contributed by atoms with Crippen molar-refractivity contribution in [2.24, 2.45) is 0 Å². The van der Waals surface area contributed by atoms with Gasteiger partial charge in [-0.25, -0.2) is 9.13 Å². The number of hydrogen-bond acceptors (Lipinski definition) is 15. The number of ether oxygens (including phenoxy) is 4. The summed E-state index contributed by atoms with van der Waals surface area (Å²) in [4.78, 5) is 73.1. The summed E-state index contributed by atoms with van der Waals surface area (Å²) in [5, 5.41) is 10.7. The summed E-state index contributed by atoms with van der Waals surface area (Å²) in [7, 11) is -9.98. The predicted molar refractivity (Wildman–Crippen MR) is 436 cm³/mol. The fraction of sp³-hybridized carbons (Fsp3) is 0.701. The number of aliphatic hydroxyl groups is 1. The van der Waals surface area contributed by atoms with E-state index in [0.717, 1.165) is 173 Å². The van der Waals surface area contributed by atoms with E-state index in [1.807, 2.05) is 0 Å². The number of phosphoric acid groups is 2. The molecular weight excluding hydrogens is 1380 g/mol. The molecule has 0 rings (SSSR count). The number of allylic oxidation sites excluding steroid dienone is 22. The molecule has 0 aromatic rings. The molecule has 0 fully saturated rings. The number of carbonyl (C=O) groups excluding carboxylic acids is 4. The van der Waals surface area contributed by atoms with Crippen LogP contribution < -0.4 is 0 Å². The zero-order valence-electron chi connectivity index (χ0n) is 66.6. The second-order valence-electron chi connectivity index (χ2n) is 27.3. The molecule has 0 aliphatic rings. The molecule has 0 amide bonds. The molecule has 0 heterocycles. The third-order valence-electron chi connectivity index (χ3n) is 17.1. The molecule has 0 spiro atoms. The minimum Gasteiger partial charge on any atom is -0.462 e. The van der Waals surface area contributed by atoms with Crippen LogP contribution in [-0.2, 0) is 65.4 Å². The van der Waals surface area contributed by atoms with Crippen molar-refractivity contribution in [2.75, 3.05) is 39.6 Å². The van der Waals surface area contributed by atoms with E-state index in [1.54, 1.807) is 0 Å². The van der Waals surface area contributed by atoms with Gasteiger partial charge in [0, 0.05) is 25.7 Å². The molecule has 0 bridgehead atoms. The molecule has 0 saturated heterocycles. The van der Waals surface area contributed by atoms with Crippen molar-refractivity contribution in [1.29, 1.82) is 0 Å². The van der Waals surface area contributed by atoms with Crippen LogP contribution in [0, 0.1) is 0 Å². The van der Waals surface area contributed by atoms with Crippen LogP contribution >= 0.6 is 15.6 Å². The monoisotopic (exact) mass is 1530 g/mol. The van der Waals surface area contributed by atoms with E-state index in [2.05, 4.69) is 161 Å². The van der Waals surface area contributed by atoms with Gasteiger partial charge in [0.2, 0.25) is 0 Å². The maximum atomic E-state index is 13.1. The van der Waals surface area contributed by atoms with E-state index in [1.165, 1.54) is 83.5 Å². The van der Waals surface area contributed by atoms with Crippen molar-refractivity contribution >= 4 is 39.5 Å². The van der Waals surface area contributed by atoms with Crippen molar-refractivity contribution in [1.82, 2.24) is 0 Å². The van der Waals surface area contributed by atoms with E-state index in [-0.39, 0.29) is 25.7 Å². The molecule has 19 heteroatoms. The first-order chi connectivity index (χ1) is 51.7. The largest absolute Gasteiger partial charge is 0.472 e. The first kappa shape index (κ1) is 101. The average Bonchev–Trinajstić information content (AvgIpc) is 0.903. The van der Waals surface area contributed by atoms with Crippen molar-refractivity contribution in [3.8, 4) is 0 Å². The summed E-state index contributed by atoms with van der Waals surface area (Å²) >= 11 is 0. The zero-order valence-corrected chi connectivity index (χ0v) is 68.4. The number of rotatable bonds is 77. The van der Waals surface area contributed by atoms with Crippen LogP contribution in [0.3, 0.4) is 0 Å². The van der Waals surface area contributed by atoms with Crippen molar-refractivity contribution in [3.05, 3.63) is 134 Å². The molecule has 0 saturated carbocycles. The fourth-order valence-electron chi connectivity index (χ4n) is 10.9. The fourth-order valence-corrected chi connectivity index (χ4v) is 12.4. The van der Waals surface area contributed by atoms with Gasteiger partial charge in [-0.1, -0.05) is 303 Å². The van der Waals surface area contributed by atoms with Crippen LogP contribution in [0.2, 0.25) is 0 Å². The molecule has 5 atom stereocenters. The second-order valence-corrected chi connectivity index (χ2v) is 30.2. The van der Waals surface area contributed by atoms with E-state index in [4.69, 9.17) is 37.0 Å². The number of aliphatic hydroxyl groups excluding tert-OH is 1. The van der Waals surface area contributed by atoms with E-state index >= 15 is 0 Å². The smallest absolute Gasteiger partial charge is 0.462 e. The van der Waals surface area contributed by atoms with Gasteiger partial charge in [-0.05, 0) is 141 Å². The number of hydrogen-bond donors (Lipinski definition) is 3. The van der Waals surface area contributed by atoms with E-state index < -0.39 is 97.5 Å². The molecule has 0 aliphatic carbocycles. The topological polar surface area (TPSA) is 237 Å². The zero-order chi connectivity index (χ0) is 77.4. The number of esters is 4. The summed E-state index contributed by atoms with van der Waals surface area (Å²) < 4.78 is 68.7. The third-order valence-corrected chi connectivity index (χ3v) is 19.0. The predicted octanol–water partition coefficient (Wildman–Crippen LogP) is 24.4. The Morgan fingerprint density at radius 2 is 0.491 bits per heavy atom. The minimum absolute atomic E-state index is 0.0447. The van der Waals surface area contributed by atoms with E-state index in [9.17, 15) is 43.2 Å². The Hall–Kier alpha value is -4.80. The number of phosphoric ester groups is 2. The molecule has 0 aliphatic heterocycles. The van der Waals surface area contributed by atoms with Crippen LogP contribution in [0.4, 0.5) is 0 Å². The van der Waals surface area contributed by atoms with Crippen molar-refractivity contribution < 1.29 is 80.2 Å². The number of unbranched alkanes of at least 4 members (excludes halogenated alkanes) is 29. The highest BCUT2D eigenvalue weighted by Gasteiger charge is 2.30. The van der Waals surface area contributed by atoms with Gasteiger partial charge in [-0.15, -0.1) is 0 Å². The van der Waals surface area contributed by atoms with Crippen LogP contribution in [0.15, 0.2) is 134 Å². The maximum Gasteiger partial charge on any atom is 0.472 e. The molecule has 17 nitrogen and oxygen atoms in total. The molecular formula is C87H148O17P2. The molecule has 0 aromatic carbocycles. The Bertz CT molecular complexity index is 2530. The summed E-state index contributed by atoms with van der Waals surface area (Å²) in [5.74, 6) is -2.24. The Morgan fingerprint density at radius 1 is 0.274 bits per heavy atom. The molecule has 0 radical (unpaired) electrons. The van der Waals surface area contributed by atoms with Gasteiger partial charge in [0.15, 0.2) is 12.2 Å². The van der Waals surface area contributed by atoms with Gasteiger partial charge in [-0.2, -0.15) is 0 Å². The molecule has 0 aromatic heterocycles. The van der Waals surface area contributed by atoms with Gasteiger partial charge in [0.25, 0.3) is 0 Å². The second kappa shape index (κ2) is 78.3. The highest BCUT2D eigenvalue weighted by Crippen LogP contribution is 2.45. The van der Waals surface area contributed by atoms with Gasteiger partial charge in [0.1, 0.15) is 19.3 Å². The van der Waals surface area contributed by atoms with Crippen molar-refractivity contribution in [2.45, 2.75) is 354 Å². The lowest BCUT2D eigenvalue weighted by molar-refractivity contribution is -0.161.